The van der Waals surface area contributed by atoms with Gasteiger partial charge in [-0.05, 0) is 38.5 Å². The number of carboxylic acids is 1. The van der Waals surface area contributed by atoms with Gasteiger partial charge in [0.25, 0.3) is 0 Å². The number of nitrogens with one attached hydrogen (secondary N) is 1. The molecule has 1 aliphatic rings. The molecule has 0 aromatic rings. The van der Waals surface area contributed by atoms with Gasteiger partial charge < -0.3 is 10.4 Å². The van der Waals surface area contributed by atoms with Crippen LogP contribution in [0.25, 0.3) is 0 Å². The molecule has 0 amide bonds. The zero-order valence-electron chi connectivity index (χ0n) is 9.83. The molecule has 0 heterocycles. The summed E-state index contributed by atoms with van der Waals surface area (Å²) in [7, 11) is 0. The van der Waals surface area contributed by atoms with Gasteiger partial charge in [0.15, 0.2) is 0 Å². The van der Waals surface area contributed by atoms with Crippen molar-refractivity contribution in [1.29, 1.82) is 0 Å². The third kappa shape index (κ3) is 4.20. The van der Waals surface area contributed by atoms with Crippen molar-refractivity contribution < 1.29 is 9.90 Å². The van der Waals surface area contributed by atoms with Gasteiger partial charge in [0.05, 0.1) is 0 Å². The Kier molecular flexibility index (Phi) is 5.09. The average molecular weight is 213 g/mol. The Balaban J connectivity index is 2.22. The van der Waals surface area contributed by atoms with E-state index in [0.717, 1.165) is 18.8 Å². The van der Waals surface area contributed by atoms with Crippen LogP contribution < -0.4 is 5.32 Å². The molecule has 3 heteroatoms. The predicted octanol–water partition coefficient (Wildman–Crippen LogP) is 2.41. The van der Waals surface area contributed by atoms with E-state index in [9.17, 15) is 4.79 Å². The molecular weight excluding hydrogens is 190 g/mol. The second-order valence-electron chi connectivity index (χ2n) is 4.73. The van der Waals surface area contributed by atoms with Crippen LogP contribution in [0.4, 0.5) is 0 Å². The van der Waals surface area contributed by atoms with Crippen molar-refractivity contribution in [3.63, 3.8) is 0 Å². The van der Waals surface area contributed by atoms with E-state index in [1.54, 1.807) is 6.92 Å². The van der Waals surface area contributed by atoms with E-state index in [1.165, 1.54) is 25.7 Å². The first kappa shape index (κ1) is 12.5. The maximum Gasteiger partial charge on any atom is 0.320 e. The lowest BCUT2D eigenvalue weighted by molar-refractivity contribution is -0.139. The summed E-state index contributed by atoms with van der Waals surface area (Å²) in [6, 6.07) is 0.0157. The lowest BCUT2D eigenvalue weighted by Crippen LogP contribution is -2.43. The Morgan fingerprint density at radius 2 is 2.00 bits per heavy atom. The standard InChI is InChI=1S/C12H23NO2/c1-3-4-10-5-7-11(8-6-10)13-9(2)12(14)15/h9-11,13H,3-8H2,1-2H3,(H,14,15). The number of carbonyl (C=O) groups is 1. The Bertz CT molecular complexity index is 198. The molecule has 1 rings (SSSR count). The molecule has 0 aromatic heterocycles. The minimum absolute atomic E-state index is 0.405. The Hall–Kier alpha value is -0.570. The van der Waals surface area contributed by atoms with Gasteiger partial charge in [-0.25, -0.2) is 0 Å². The van der Waals surface area contributed by atoms with Crippen LogP contribution in [0.15, 0.2) is 0 Å². The summed E-state index contributed by atoms with van der Waals surface area (Å²) in [6.07, 6.45) is 7.41. The quantitative estimate of drug-likeness (QED) is 0.737. The molecule has 1 fully saturated rings. The van der Waals surface area contributed by atoms with E-state index in [4.69, 9.17) is 5.11 Å². The van der Waals surface area contributed by atoms with Gasteiger partial charge in [-0.15, -0.1) is 0 Å². The van der Waals surface area contributed by atoms with E-state index in [2.05, 4.69) is 12.2 Å². The average Bonchev–Trinajstić information content (AvgIpc) is 2.21. The van der Waals surface area contributed by atoms with Crippen LogP contribution in [0.2, 0.25) is 0 Å². The van der Waals surface area contributed by atoms with Gasteiger partial charge in [-0.2, -0.15) is 0 Å². The van der Waals surface area contributed by atoms with Crippen LogP contribution in [0.1, 0.15) is 52.4 Å². The molecule has 1 unspecified atom stereocenters. The normalized spacial score (nSPS) is 28.7. The van der Waals surface area contributed by atoms with Gasteiger partial charge >= 0.3 is 5.97 Å². The highest BCUT2D eigenvalue weighted by Crippen LogP contribution is 2.27. The van der Waals surface area contributed by atoms with Crippen molar-refractivity contribution in [2.24, 2.45) is 5.92 Å². The molecule has 15 heavy (non-hydrogen) atoms. The summed E-state index contributed by atoms with van der Waals surface area (Å²) >= 11 is 0. The van der Waals surface area contributed by atoms with Gasteiger partial charge in [0, 0.05) is 6.04 Å². The van der Waals surface area contributed by atoms with Gasteiger partial charge in [0.2, 0.25) is 0 Å². The SMILES string of the molecule is CCCC1CCC(NC(C)C(=O)O)CC1. The lowest BCUT2D eigenvalue weighted by atomic mass is 9.83. The third-order valence-corrected chi connectivity index (χ3v) is 3.40. The van der Waals surface area contributed by atoms with Gasteiger partial charge in [-0.1, -0.05) is 19.8 Å². The topological polar surface area (TPSA) is 49.3 Å². The summed E-state index contributed by atoms with van der Waals surface area (Å²) in [6.45, 7) is 3.96. The van der Waals surface area contributed by atoms with Crippen molar-refractivity contribution in [2.75, 3.05) is 0 Å². The minimum Gasteiger partial charge on any atom is -0.480 e. The van der Waals surface area contributed by atoms with Gasteiger partial charge in [-0.3, -0.25) is 4.79 Å². The zero-order chi connectivity index (χ0) is 11.3. The lowest BCUT2D eigenvalue weighted by Gasteiger charge is -2.30. The van der Waals surface area contributed by atoms with E-state index in [-0.39, 0.29) is 0 Å². The summed E-state index contributed by atoms with van der Waals surface area (Å²) in [5.74, 6) is 0.138. The first-order chi connectivity index (χ1) is 7.13. The molecular formula is C12H23NO2. The third-order valence-electron chi connectivity index (χ3n) is 3.40. The van der Waals surface area contributed by atoms with Crippen molar-refractivity contribution in [3.05, 3.63) is 0 Å². The highest BCUT2D eigenvalue weighted by atomic mass is 16.4. The number of aliphatic carboxylic acids is 1. The number of hydrogen-bond donors (Lipinski definition) is 2. The molecule has 0 aromatic carbocycles. The van der Waals surface area contributed by atoms with Crippen molar-refractivity contribution in [1.82, 2.24) is 5.32 Å². The van der Waals surface area contributed by atoms with Crippen molar-refractivity contribution in [2.45, 2.75) is 64.5 Å². The Morgan fingerprint density at radius 3 is 2.47 bits per heavy atom. The predicted molar refractivity (Wildman–Crippen MR) is 60.9 cm³/mol. The van der Waals surface area contributed by atoms with Crippen molar-refractivity contribution >= 4 is 5.97 Å². The summed E-state index contributed by atoms with van der Waals surface area (Å²) in [5, 5.41) is 12.0. The number of hydrogen-bond acceptors (Lipinski definition) is 2. The number of rotatable bonds is 5. The molecule has 0 aliphatic heterocycles. The first-order valence-electron chi connectivity index (χ1n) is 6.12. The minimum atomic E-state index is -0.745. The maximum absolute atomic E-state index is 10.7. The highest BCUT2D eigenvalue weighted by molar-refractivity contribution is 5.72. The molecule has 0 spiro atoms. The molecule has 0 bridgehead atoms. The van der Waals surface area contributed by atoms with E-state index < -0.39 is 12.0 Å². The zero-order valence-corrected chi connectivity index (χ0v) is 9.83. The van der Waals surface area contributed by atoms with E-state index >= 15 is 0 Å². The first-order valence-corrected chi connectivity index (χ1v) is 6.12. The van der Waals surface area contributed by atoms with Crippen LogP contribution in [0.3, 0.4) is 0 Å². The second kappa shape index (κ2) is 6.11. The second-order valence-corrected chi connectivity index (χ2v) is 4.73. The number of carboxylic acid groups (broad SMARTS) is 1. The van der Waals surface area contributed by atoms with Crippen LogP contribution >= 0.6 is 0 Å². The van der Waals surface area contributed by atoms with E-state index in [1.807, 2.05) is 0 Å². The molecule has 3 nitrogen and oxygen atoms in total. The van der Waals surface area contributed by atoms with Gasteiger partial charge in [0.1, 0.15) is 6.04 Å². The molecule has 1 atom stereocenters. The monoisotopic (exact) mass is 213 g/mol. The van der Waals surface area contributed by atoms with E-state index in [0.29, 0.717) is 6.04 Å². The summed E-state index contributed by atoms with van der Waals surface area (Å²) in [4.78, 5) is 10.7. The van der Waals surface area contributed by atoms with Crippen molar-refractivity contribution in [3.8, 4) is 0 Å². The van der Waals surface area contributed by atoms with Crippen LogP contribution in [-0.2, 0) is 4.79 Å². The van der Waals surface area contributed by atoms with Crippen LogP contribution in [-0.4, -0.2) is 23.2 Å². The molecule has 0 radical (unpaired) electrons. The molecule has 1 aliphatic carbocycles. The fraction of sp³-hybridized carbons (Fsp3) is 0.917. The smallest absolute Gasteiger partial charge is 0.320 e. The molecule has 2 N–H and O–H groups in total. The maximum atomic E-state index is 10.7. The molecule has 1 saturated carbocycles. The van der Waals surface area contributed by atoms with Crippen LogP contribution in [0, 0.1) is 5.92 Å². The molecule has 0 saturated heterocycles. The fourth-order valence-electron chi connectivity index (χ4n) is 2.45. The molecule has 88 valence electrons. The summed E-state index contributed by atoms with van der Waals surface area (Å²) in [5.41, 5.74) is 0. The van der Waals surface area contributed by atoms with Crippen LogP contribution in [0.5, 0.6) is 0 Å². The largest absolute Gasteiger partial charge is 0.480 e. The Morgan fingerprint density at radius 1 is 1.40 bits per heavy atom. The highest BCUT2D eigenvalue weighted by Gasteiger charge is 2.23. The fourth-order valence-corrected chi connectivity index (χ4v) is 2.45. The summed E-state index contributed by atoms with van der Waals surface area (Å²) < 4.78 is 0. The Labute approximate surface area is 92.3 Å².